The highest BCUT2D eigenvalue weighted by Gasteiger charge is 2.29. The molecule has 0 aromatic heterocycles. The summed E-state index contributed by atoms with van der Waals surface area (Å²) in [7, 11) is -3.51. The molecule has 2 aromatic rings. The maximum atomic E-state index is 12.9. The van der Waals surface area contributed by atoms with E-state index >= 15 is 0 Å². The van der Waals surface area contributed by atoms with Crippen LogP contribution in [0.25, 0.3) is 0 Å². The van der Waals surface area contributed by atoms with Crippen molar-refractivity contribution in [2.45, 2.75) is 38.5 Å². The quantitative estimate of drug-likeness (QED) is 0.764. The van der Waals surface area contributed by atoms with Crippen molar-refractivity contribution in [3.05, 3.63) is 59.2 Å². The third-order valence-electron chi connectivity index (χ3n) is 5.76. The average Bonchev–Trinajstić information content (AvgIpc) is 2.72. The van der Waals surface area contributed by atoms with Gasteiger partial charge in [0.15, 0.2) is 0 Å². The topological polar surface area (TPSA) is 69.7 Å². The van der Waals surface area contributed by atoms with Crippen LogP contribution in [0.2, 0.25) is 0 Å². The largest absolute Gasteiger partial charge is 0.325 e. The van der Waals surface area contributed by atoms with Gasteiger partial charge in [-0.05, 0) is 54.7 Å². The third kappa shape index (κ3) is 5.09. The first-order chi connectivity index (χ1) is 14.2. The molecule has 1 aliphatic heterocycles. The molecule has 0 aliphatic carbocycles. The molecule has 0 radical (unpaired) electrons. The fourth-order valence-corrected chi connectivity index (χ4v) is 5.00. The first kappa shape index (κ1) is 22.5. The van der Waals surface area contributed by atoms with Crippen LogP contribution in [0.15, 0.2) is 47.4 Å². The number of carbonyl (C=O) groups excluding carboxylic acids is 1. The average molecular weight is 430 g/mol. The second kappa shape index (κ2) is 9.29. The smallest absolute Gasteiger partial charge is 0.243 e. The molecule has 1 heterocycles. The lowest BCUT2D eigenvalue weighted by Gasteiger charge is -2.33. The van der Waals surface area contributed by atoms with Crippen LogP contribution >= 0.6 is 0 Å². The molecule has 0 unspecified atom stereocenters. The Morgan fingerprint density at radius 1 is 1.00 bits per heavy atom. The van der Waals surface area contributed by atoms with Crippen LogP contribution in [-0.2, 0) is 14.8 Å². The number of benzene rings is 2. The number of nitrogens with one attached hydrogen (secondary N) is 1. The molecule has 1 amide bonds. The van der Waals surface area contributed by atoms with Crippen LogP contribution in [0.5, 0.6) is 0 Å². The van der Waals surface area contributed by atoms with Gasteiger partial charge in [-0.3, -0.25) is 9.69 Å². The summed E-state index contributed by atoms with van der Waals surface area (Å²) in [6.45, 7) is 10.2. The highest BCUT2D eigenvalue weighted by molar-refractivity contribution is 7.89. The molecule has 1 fully saturated rings. The molecule has 1 saturated heterocycles. The number of anilines is 1. The van der Waals surface area contributed by atoms with Crippen LogP contribution < -0.4 is 5.32 Å². The lowest BCUT2D eigenvalue weighted by molar-refractivity contribution is -0.117. The van der Waals surface area contributed by atoms with Crippen molar-refractivity contribution in [1.29, 1.82) is 0 Å². The number of amides is 1. The van der Waals surface area contributed by atoms with Gasteiger partial charge in [0.2, 0.25) is 15.9 Å². The Bertz CT molecular complexity index is 993. The minimum atomic E-state index is -3.51. The first-order valence-electron chi connectivity index (χ1n) is 10.4. The molecule has 0 bridgehead atoms. The summed E-state index contributed by atoms with van der Waals surface area (Å²) in [5, 5.41) is 2.97. The van der Waals surface area contributed by atoms with E-state index in [0.717, 1.165) is 22.4 Å². The van der Waals surface area contributed by atoms with Gasteiger partial charge in [0, 0.05) is 31.9 Å². The zero-order valence-corrected chi connectivity index (χ0v) is 19.0. The van der Waals surface area contributed by atoms with Gasteiger partial charge in [0.25, 0.3) is 0 Å². The molecular weight excluding hydrogens is 398 g/mol. The highest BCUT2D eigenvalue weighted by atomic mass is 32.2. The maximum absolute atomic E-state index is 12.9. The molecule has 7 heteroatoms. The Morgan fingerprint density at radius 3 is 2.23 bits per heavy atom. The van der Waals surface area contributed by atoms with Gasteiger partial charge >= 0.3 is 0 Å². The summed E-state index contributed by atoms with van der Waals surface area (Å²) in [5.74, 6) is 0.282. The number of sulfonamides is 1. The lowest BCUT2D eigenvalue weighted by Crippen LogP contribution is -2.50. The van der Waals surface area contributed by atoms with Gasteiger partial charge in [-0.15, -0.1) is 0 Å². The standard InChI is InChI=1S/C23H31N3O3S/c1-17(2)20-8-10-21(11-9-20)30(28,29)26-14-12-25(13-15-26)16-23(27)24-22-7-5-6-18(3)19(22)4/h5-11,17H,12-16H2,1-4H3,(H,24,27). The summed E-state index contributed by atoms with van der Waals surface area (Å²) in [6.07, 6.45) is 0. The number of carbonyl (C=O) groups is 1. The minimum Gasteiger partial charge on any atom is -0.325 e. The molecule has 0 atom stereocenters. The molecule has 0 spiro atoms. The molecule has 6 nitrogen and oxygen atoms in total. The molecule has 2 aromatic carbocycles. The van der Waals surface area contributed by atoms with E-state index < -0.39 is 10.0 Å². The van der Waals surface area contributed by atoms with Gasteiger partial charge in [-0.1, -0.05) is 38.1 Å². The molecular formula is C23H31N3O3S. The van der Waals surface area contributed by atoms with Crippen LogP contribution in [0.3, 0.4) is 0 Å². The van der Waals surface area contributed by atoms with E-state index in [1.165, 1.54) is 4.31 Å². The van der Waals surface area contributed by atoms with Gasteiger partial charge in [-0.2, -0.15) is 4.31 Å². The number of nitrogens with zero attached hydrogens (tertiary/aromatic N) is 2. The fraction of sp³-hybridized carbons (Fsp3) is 0.435. The van der Waals surface area contributed by atoms with Crippen molar-refractivity contribution in [2.75, 3.05) is 38.0 Å². The maximum Gasteiger partial charge on any atom is 0.243 e. The predicted octanol–water partition coefficient (Wildman–Crippen LogP) is 3.37. The van der Waals surface area contributed by atoms with Crippen molar-refractivity contribution >= 4 is 21.6 Å². The lowest BCUT2D eigenvalue weighted by atomic mass is 10.0. The van der Waals surface area contributed by atoms with E-state index in [1.54, 1.807) is 12.1 Å². The summed E-state index contributed by atoms with van der Waals surface area (Å²) in [4.78, 5) is 14.8. The Morgan fingerprint density at radius 2 is 1.63 bits per heavy atom. The van der Waals surface area contributed by atoms with Crippen LogP contribution in [-0.4, -0.2) is 56.3 Å². The summed E-state index contributed by atoms with van der Waals surface area (Å²) >= 11 is 0. The van der Waals surface area contributed by atoms with E-state index in [1.807, 2.05) is 49.1 Å². The Balaban J connectivity index is 1.56. The van der Waals surface area contributed by atoms with Crippen molar-refractivity contribution in [1.82, 2.24) is 9.21 Å². The molecule has 1 N–H and O–H groups in total. The first-order valence-corrected chi connectivity index (χ1v) is 11.8. The Hall–Kier alpha value is -2.22. The van der Waals surface area contributed by atoms with Crippen molar-refractivity contribution < 1.29 is 13.2 Å². The second-order valence-corrected chi connectivity index (χ2v) is 10.1. The van der Waals surface area contributed by atoms with E-state index in [9.17, 15) is 13.2 Å². The Kier molecular flexibility index (Phi) is 6.95. The summed E-state index contributed by atoms with van der Waals surface area (Å²) in [6, 6.07) is 13.0. The number of piperazine rings is 1. The van der Waals surface area contributed by atoms with Gasteiger partial charge < -0.3 is 5.32 Å². The van der Waals surface area contributed by atoms with Crippen LogP contribution in [0, 0.1) is 13.8 Å². The normalized spacial score (nSPS) is 16.0. The highest BCUT2D eigenvalue weighted by Crippen LogP contribution is 2.22. The van der Waals surface area contributed by atoms with E-state index in [-0.39, 0.29) is 12.5 Å². The molecule has 3 rings (SSSR count). The number of hydrogen-bond donors (Lipinski definition) is 1. The van der Waals surface area contributed by atoms with Gasteiger partial charge in [-0.25, -0.2) is 8.42 Å². The Labute approximate surface area is 179 Å². The SMILES string of the molecule is Cc1cccc(NC(=O)CN2CCN(S(=O)(=O)c3ccc(C(C)C)cc3)CC2)c1C. The molecule has 1 aliphatic rings. The van der Waals surface area contributed by atoms with Crippen molar-refractivity contribution in [3.8, 4) is 0 Å². The van der Waals surface area contributed by atoms with E-state index in [0.29, 0.717) is 37.0 Å². The van der Waals surface area contributed by atoms with Gasteiger partial charge in [0.1, 0.15) is 0 Å². The fourth-order valence-electron chi connectivity index (χ4n) is 3.58. The van der Waals surface area contributed by atoms with Crippen molar-refractivity contribution in [3.63, 3.8) is 0 Å². The minimum absolute atomic E-state index is 0.0794. The second-order valence-electron chi connectivity index (χ2n) is 8.20. The molecule has 162 valence electrons. The number of hydrogen-bond acceptors (Lipinski definition) is 4. The summed E-state index contributed by atoms with van der Waals surface area (Å²) < 4.78 is 27.4. The van der Waals surface area contributed by atoms with Crippen LogP contribution in [0.1, 0.15) is 36.5 Å². The number of rotatable bonds is 6. The van der Waals surface area contributed by atoms with E-state index in [4.69, 9.17) is 0 Å². The zero-order valence-electron chi connectivity index (χ0n) is 18.2. The molecule has 30 heavy (non-hydrogen) atoms. The summed E-state index contributed by atoms with van der Waals surface area (Å²) in [5.41, 5.74) is 4.14. The monoisotopic (exact) mass is 429 g/mol. The van der Waals surface area contributed by atoms with Crippen molar-refractivity contribution in [2.24, 2.45) is 0 Å². The van der Waals surface area contributed by atoms with Gasteiger partial charge in [0.05, 0.1) is 11.4 Å². The molecule has 0 saturated carbocycles. The van der Waals surface area contributed by atoms with Crippen LogP contribution in [0.4, 0.5) is 5.69 Å². The van der Waals surface area contributed by atoms with E-state index in [2.05, 4.69) is 19.2 Å². The predicted molar refractivity (Wildman–Crippen MR) is 120 cm³/mol. The number of aryl methyl sites for hydroxylation is 1. The third-order valence-corrected chi connectivity index (χ3v) is 7.67. The zero-order chi connectivity index (χ0) is 21.9.